The second-order valence-electron chi connectivity index (χ2n) is 5.92. The SMILES string of the molecule is COc1ccc(-c2c(C#N)c(N)nc(NCc3ccccc3)c2C#N)cc1O. The van der Waals surface area contributed by atoms with Gasteiger partial charge in [0.2, 0.25) is 0 Å². The standard InChI is InChI=1S/C21H17N5O2/c1-28-18-8-7-14(9-17(18)27)19-15(10-22)20(24)26-21(16(19)11-23)25-12-13-5-3-2-4-6-13/h2-9,27H,12H2,1H3,(H3,24,25,26). The first-order valence-corrected chi connectivity index (χ1v) is 8.37. The van der Waals surface area contributed by atoms with Crippen molar-refractivity contribution in [2.24, 2.45) is 0 Å². The van der Waals surface area contributed by atoms with Gasteiger partial charge in [-0.2, -0.15) is 10.5 Å². The fourth-order valence-electron chi connectivity index (χ4n) is 2.87. The number of nitrogens with two attached hydrogens (primary N) is 1. The molecule has 138 valence electrons. The van der Waals surface area contributed by atoms with Crippen LogP contribution in [0.2, 0.25) is 0 Å². The number of nitrogens with zero attached hydrogens (tertiary/aromatic N) is 3. The Hall–Kier alpha value is -4.23. The molecule has 0 bridgehead atoms. The van der Waals surface area contributed by atoms with Crippen LogP contribution in [0.1, 0.15) is 16.7 Å². The summed E-state index contributed by atoms with van der Waals surface area (Å²) < 4.78 is 5.05. The molecular weight excluding hydrogens is 354 g/mol. The lowest BCUT2D eigenvalue weighted by molar-refractivity contribution is 0.373. The summed E-state index contributed by atoms with van der Waals surface area (Å²) in [5.74, 6) is 0.447. The summed E-state index contributed by atoms with van der Waals surface area (Å²) in [6.07, 6.45) is 0. The predicted octanol–water partition coefficient (Wildman–Crippen LogP) is 3.40. The van der Waals surface area contributed by atoms with Crippen LogP contribution < -0.4 is 15.8 Å². The molecule has 0 saturated carbocycles. The Morgan fingerprint density at radius 1 is 1.11 bits per heavy atom. The lowest BCUT2D eigenvalue weighted by Gasteiger charge is -2.15. The minimum absolute atomic E-state index is 0.00219. The summed E-state index contributed by atoms with van der Waals surface area (Å²) in [6.45, 7) is 0.432. The molecule has 0 atom stereocenters. The molecule has 0 amide bonds. The third-order valence-corrected chi connectivity index (χ3v) is 4.22. The predicted molar refractivity (Wildman–Crippen MR) is 106 cm³/mol. The van der Waals surface area contributed by atoms with Crippen molar-refractivity contribution < 1.29 is 9.84 Å². The summed E-state index contributed by atoms with van der Waals surface area (Å²) in [5.41, 5.74) is 8.01. The molecule has 0 aliphatic heterocycles. The molecule has 7 heteroatoms. The van der Waals surface area contributed by atoms with Crippen LogP contribution in [0.25, 0.3) is 11.1 Å². The number of hydrogen-bond acceptors (Lipinski definition) is 7. The molecule has 1 heterocycles. The van der Waals surface area contributed by atoms with Crippen LogP contribution >= 0.6 is 0 Å². The minimum atomic E-state index is -0.109. The van der Waals surface area contributed by atoms with E-state index in [0.717, 1.165) is 5.56 Å². The van der Waals surface area contributed by atoms with Crippen LogP contribution in [-0.4, -0.2) is 17.2 Å². The summed E-state index contributed by atoms with van der Waals surface area (Å²) in [7, 11) is 1.44. The topological polar surface area (TPSA) is 128 Å². The largest absolute Gasteiger partial charge is 0.504 e. The van der Waals surface area contributed by atoms with Gasteiger partial charge in [-0.1, -0.05) is 36.4 Å². The van der Waals surface area contributed by atoms with Crippen LogP contribution in [-0.2, 0) is 6.54 Å². The van der Waals surface area contributed by atoms with Gasteiger partial charge < -0.3 is 20.9 Å². The minimum Gasteiger partial charge on any atom is -0.504 e. The number of hydrogen-bond donors (Lipinski definition) is 3. The number of nitrogens with one attached hydrogen (secondary N) is 1. The second kappa shape index (κ2) is 7.98. The first-order chi connectivity index (χ1) is 13.6. The van der Waals surface area contributed by atoms with Crippen molar-refractivity contribution in [1.29, 1.82) is 10.5 Å². The number of phenolic OH excluding ortho intramolecular Hbond substituents is 1. The molecule has 0 fully saturated rings. The number of nitriles is 2. The zero-order chi connectivity index (χ0) is 20.1. The van der Waals surface area contributed by atoms with Crippen LogP contribution in [0.5, 0.6) is 11.5 Å². The van der Waals surface area contributed by atoms with E-state index in [0.29, 0.717) is 17.7 Å². The van der Waals surface area contributed by atoms with E-state index in [1.165, 1.54) is 13.2 Å². The third-order valence-electron chi connectivity index (χ3n) is 4.22. The fraction of sp³-hybridized carbons (Fsp3) is 0.0952. The maximum absolute atomic E-state index is 10.1. The van der Waals surface area contributed by atoms with Crippen LogP contribution in [0.4, 0.5) is 11.6 Å². The number of rotatable bonds is 5. The van der Waals surface area contributed by atoms with E-state index in [9.17, 15) is 15.6 Å². The summed E-state index contributed by atoms with van der Waals surface area (Å²) in [4.78, 5) is 4.21. The van der Waals surface area contributed by atoms with Crippen molar-refractivity contribution in [2.75, 3.05) is 18.2 Å². The zero-order valence-electron chi connectivity index (χ0n) is 15.1. The van der Waals surface area contributed by atoms with Crippen molar-refractivity contribution in [1.82, 2.24) is 4.98 Å². The van der Waals surface area contributed by atoms with E-state index in [4.69, 9.17) is 10.5 Å². The Balaban J connectivity index is 2.13. The lowest BCUT2D eigenvalue weighted by atomic mass is 9.95. The Labute approximate surface area is 162 Å². The van der Waals surface area contributed by atoms with E-state index >= 15 is 0 Å². The Kier molecular flexibility index (Phi) is 5.29. The smallest absolute Gasteiger partial charge is 0.160 e. The molecule has 0 aliphatic rings. The highest BCUT2D eigenvalue weighted by atomic mass is 16.5. The fourth-order valence-corrected chi connectivity index (χ4v) is 2.87. The summed E-state index contributed by atoms with van der Waals surface area (Å²) in [6, 6.07) is 18.4. The second-order valence-corrected chi connectivity index (χ2v) is 5.92. The van der Waals surface area contributed by atoms with Crippen LogP contribution in [0.15, 0.2) is 48.5 Å². The maximum Gasteiger partial charge on any atom is 0.160 e. The number of nitrogen functional groups attached to an aromatic ring is 1. The molecule has 0 spiro atoms. The van der Waals surface area contributed by atoms with Crippen molar-refractivity contribution in [3.63, 3.8) is 0 Å². The maximum atomic E-state index is 10.1. The van der Waals surface area contributed by atoms with Gasteiger partial charge >= 0.3 is 0 Å². The van der Waals surface area contributed by atoms with Gasteiger partial charge in [-0.15, -0.1) is 0 Å². The molecule has 0 saturated heterocycles. The van der Waals surface area contributed by atoms with Gasteiger partial charge in [0.15, 0.2) is 11.5 Å². The van der Waals surface area contributed by atoms with E-state index in [-0.39, 0.29) is 34.3 Å². The molecule has 3 aromatic rings. The number of phenols is 1. The van der Waals surface area contributed by atoms with E-state index in [1.807, 2.05) is 36.4 Å². The molecule has 0 unspecified atom stereocenters. The van der Waals surface area contributed by atoms with Gasteiger partial charge in [0.05, 0.1) is 7.11 Å². The van der Waals surface area contributed by atoms with Gasteiger partial charge in [0.25, 0.3) is 0 Å². The third kappa shape index (κ3) is 3.50. The molecule has 28 heavy (non-hydrogen) atoms. The van der Waals surface area contributed by atoms with Gasteiger partial charge in [-0.05, 0) is 23.3 Å². The van der Waals surface area contributed by atoms with Crippen LogP contribution in [0.3, 0.4) is 0 Å². The monoisotopic (exact) mass is 371 g/mol. The number of aromatic hydroxyl groups is 1. The summed E-state index contributed by atoms with van der Waals surface area (Å²) in [5, 5.41) is 32.6. The first-order valence-electron chi connectivity index (χ1n) is 8.37. The number of pyridine rings is 1. The number of ether oxygens (including phenoxy) is 1. The molecule has 0 aliphatic carbocycles. The molecule has 1 aromatic heterocycles. The normalized spacial score (nSPS) is 9.96. The number of aromatic nitrogens is 1. The van der Waals surface area contributed by atoms with Gasteiger partial charge in [0, 0.05) is 12.1 Å². The molecule has 4 N–H and O–H groups in total. The van der Waals surface area contributed by atoms with Gasteiger partial charge in [-0.25, -0.2) is 4.98 Å². The van der Waals surface area contributed by atoms with Crippen molar-refractivity contribution in [2.45, 2.75) is 6.54 Å². The van der Waals surface area contributed by atoms with Crippen molar-refractivity contribution >= 4 is 11.6 Å². The average molecular weight is 371 g/mol. The molecule has 7 nitrogen and oxygen atoms in total. The van der Waals surface area contributed by atoms with Crippen molar-refractivity contribution in [3.05, 3.63) is 65.2 Å². The first kappa shape index (κ1) is 18.6. The average Bonchev–Trinajstić information content (AvgIpc) is 2.72. The molecule has 2 aromatic carbocycles. The molecular formula is C21H17N5O2. The Morgan fingerprint density at radius 2 is 1.82 bits per heavy atom. The quantitative estimate of drug-likeness (QED) is 0.627. The highest BCUT2D eigenvalue weighted by molar-refractivity contribution is 5.85. The number of anilines is 2. The highest BCUT2D eigenvalue weighted by Gasteiger charge is 2.21. The zero-order valence-corrected chi connectivity index (χ0v) is 15.1. The molecule has 3 rings (SSSR count). The van der Waals surface area contributed by atoms with E-state index < -0.39 is 0 Å². The van der Waals surface area contributed by atoms with Crippen LogP contribution in [0, 0.1) is 22.7 Å². The lowest BCUT2D eigenvalue weighted by Crippen LogP contribution is -2.09. The number of methoxy groups -OCH3 is 1. The van der Waals surface area contributed by atoms with Gasteiger partial charge in [-0.3, -0.25) is 0 Å². The highest BCUT2D eigenvalue weighted by Crippen LogP contribution is 2.38. The Morgan fingerprint density at radius 3 is 2.43 bits per heavy atom. The summed E-state index contributed by atoms with van der Waals surface area (Å²) >= 11 is 0. The Bertz CT molecular complexity index is 1100. The van der Waals surface area contributed by atoms with Crippen molar-refractivity contribution in [3.8, 4) is 34.8 Å². The van der Waals surface area contributed by atoms with Gasteiger partial charge in [0.1, 0.15) is 34.9 Å². The molecule has 0 radical (unpaired) electrons. The van der Waals surface area contributed by atoms with E-state index in [2.05, 4.69) is 16.4 Å². The van der Waals surface area contributed by atoms with E-state index in [1.54, 1.807) is 12.1 Å². The number of benzene rings is 2.